The number of amides is 2. The zero-order chi connectivity index (χ0) is 20.9. The van der Waals surface area contributed by atoms with Crippen molar-refractivity contribution >= 4 is 17.3 Å². The van der Waals surface area contributed by atoms with Gasteiger partial charge in [-0.15, -0.1) is 0 Å². The van der Waals surface area contributed by atoms with Crippen LogP contribution in [-0.4, -0.2) is 22.6 Å². The van der Waals surface area contributed by atoms with E-state index in [-0.39, 0.29) is 12.2 Å². The predicted octanol–water partition coefficient (Wildman–Crippen LogP) is 3.90. The van der Waals surface area contributed by atoms with Gasteiger partial charge in [0, 0.05) is 18.7 Å². The van der Waals surface area contributed by atoms with Crippen molar-refractivity contribution in [2.75, 3.05) is 6.54 Å². The summed E-state index contributed by atoms with van der Waals surface area (Å²) in [6, 6.07) is 12.9. The summed E-state index contributed by atoms with van der Waals surface area (Å²) in [7, 11) is 0. The Kier molecular flexibility index (Phi) is 6.53. The number of nitrogens with one attached hydrogen (secondary N) is 2. The second kappa shape index (κ2) is 8.67. The number of aliphatic hydroxyl groups excluding tert-OH is 1. The van der Waals surface area contributed by atoms with Gasteiger partial charge in [-0.1, -0.05) is 30.4 Å². The number of nitro benzene ring substituents is 1. The summed E-state index contributed by atoms with van der Waals surface area (Å²) < 4.78 is 0. The molecule has 0 aliphatic rings. The van der Waals surface area contributed by atoms with Gasteiger partial charge in [0.05, 0.1) is 16.6 Å². The first-order valence-electron chi connectivity index (χ1n) is 8.85. The van der Waals surface area contributed by atoms with Crippen LogP contribution in [0, 0.1) is 10.1 Å². The zero-order valence-corrected chi connectivity index (χ0v) is 16.2. The van der Waals surface area contributed by atoms with Crippen LogP contribution >= 0.6 is 0 Å². The van der Waals surface area contributed by atoms with E-state index in [0.717, 1.165) is 16.7 Å². The first kappa shape index (κ1) is 21.1. The van der Waals surface area contributed by atoms with Crippen LogP contribution < -0.4 is 10.6 Å². The molecule has 0 bridgehead atoms. The number of hydrogen-bond acceptors (Lipinski definition) is 4. The molecule has 0 heterocycles. The van der Waals surface area contributed by atoms with Gasteiger partial charge in [0.2, 0.25) is 0 Å². The van der Waals surface area contributed by atoms with E-state index in [1.165, 1.54) is 24.3 Å². The molecule has 2 aromatic rings. The van der Waals surface area contributed by atoms with Crippen molar-refractivity contribution in [3.8, 4) is 0 Å². The number of carbonyl (C=O) groups is 1. The lowest BCUT2D eigenvalue weighted by Gasteiger charge is -2.28. The predicted molar refractivity (Wildman–Crippen MR) is 109 cm³/mol. The van der Waals surface area contributed by atoms with Crippen LogP contribution in [0.5, 0.6) is 0 Å². The number of nitro groups is 1. The Morgan fingerprint density at radius 3 is 2.46 bits per heavy atom. The Morgan fingerprint density at radius 2 is 1.89 bits per heavy atom. The average molecular weight is 383 g/mol. The fourth-order valence-corrected chi connectivity index (χ4v) is 2.70. The van der Waals surface area contributed by atoms with E-state index in [4.69, 9.17) is 0 Å². The number of carbonyl (C=O) groups excluding carboxylic acids is 1. The highest BCUT2D eigenvalue weighted by Crippen LogP contribution is 2.23. The van der Waals surface area contributed by atoms with Crippen molar-refractivity contribution < 1.29 is 14.8 Å². The summed E-state index contributed by atoms with van der Waals surface area (Å²) in [6.07, 6.45) is -0.971. The van der Waals surface area contributed by atoms with Crippen molar-refractivity contribution in [2.24, 2.45) is 0 Å². The summed E-state index contributed by atoms with van der Waals surface area (Å²) in [5.74, 6) is 0. The number of hydrogen-bond donors (Lipinski definition) is 3. The largest absolute Gasteiger partial charge is 0.387 e. The molecule has 3 N–H and O–H groups in total. The fourth-order valence-electron chi connectivity index (χ4n) is 2.70. The molecule has 7 nitrogen and oxygen atoms in total. The van der Waals surface area contributed by atoms with Crippen molar-refractivity contribution in [3.63, 3.8) is 0 Å². The monoisotopic (exact) mass is 383 g/mol. The third-order valence-electron chi connectivity index (χ3n) is 4.45. The maximum atomic E-state index is 12.3. The molecule has 0 aliphatic carbocycles. The van der Waals surface area contributed by atoms with Crippen LogP contribution in [-0.2, 0) is 5.54 Å². The third kappa shape index (κ3) is 5.40. The summed E-state index contributed by atoms with van der Waals surface area (Å²) >= 11 is 0. The van der Waals surface area contributed by atoms with Crippen LogP contribution in [0.3, 0.4) is 0 Å². The molecule has 7 heteroatoms. The van der Waals surface area contributed by atoms with Gasteiger partial charge in [-0.25, -0.2) is 4.79 Å². The van der Waals surface area contributed by atoms with Crippen LogP contribution in [0.15, 0.2) is 55.1 Å². The molecule has 0 fully saturated rings. The number of aliphatic hydroxyl groups is 1. The lowest BCUT2D eigenvalue weighted by atomic mass is 9.92. The minimum Gasteiger partial charge on any atom is -0.387 e. The lowest BCUT2D eigenvalue weighted by molar-refractivity contribution is -0.384. The molecule has 0 aromatic heterocycles. The quantitative estimate of drug-likeness (QED) is 0.498. The summed E-state index contributed by atoms with van der Waals surface area (Å²) in [6.45, 7) is 9.61. The Bertz CT molecular complexity index is 875. The Hall–Kier alpha value is -3.19. The molecular weight excluding hydrogens is 358 g/mol. The van der Waals surface area contributed by atoms with E-state index in [9.17, 15) is 20.0 Å². The Labute approximate surface area is 164 Å². The number of urea groups is 1. The minimum absolute atomic E-state index is 0.0223. The molecule has 0 aliphatic heterocycles. The second-order valence-corrected chi connectivity index (χ2v) is 7.19. The van der Waals surface area contributed by atoms with Gasteiger partial charge in [0.1, 0.15) is 0 Å². The smallest absolute Gasteiger partial charge is 0.315 e. The molecule has 0 saturated heterocycles. The van der Waals surface area contributed by atoms with E-state index < -0.39 is 22.6 Å². The van der Waals surface area contributed by atoms with Gasteiger partial charge >= 0.3 is 6.03 Å². The topological polar surface area (TPSA) is 104 Å². The number of rotatable bonds is 7. The fraction of sp³-hybridized carbons (Fsp3) is 0.286. The number of allylic oxidation sites excluding steroid dienone is 1. The van der Waals surface area contributed by atoms with Crippen LogP contribution in [0.2, 0.25) is 0 Å². The van der Waals surface area contributed by atoms with E-state index in [1.54, 1.807) is 0 Å². The van der Waals surface area contributed by atoms with Gasteiger partial charge in [-0.05, 0) is 55.7 Å². The number of benzene rings is 2. The maximum absolute atomic E-state index is 12.3. The zero-order valence-electron chi connectivity index (χ0n) is 16.2. The Balaban J connectivity index is 1.96. The van der Waals surface area contributed by atoms with E-state index in [1.807, 2.05) is 45.0 Å². The van der Waals surface area contributed by atoms with Crippen molar-refractivity contribution in [1.82, 2.24) is 10.6 Å². The van der Waals surface area contributed by atoms with E-state index >= 15 is 0 Å². The molecule has 0 radical (unpaired) electrons. The van der Waals surface area contributed by atoms with Crippen molar-refractivity contribution in [1.29, 1.82) is 0 Å². The van der Waals surface area contributed by atoms with Gasteiger partial charge < -0.3 is 15.7 Å². The first-order valence-corrected chi connectivity index (χ1v) is 8.85. The minimum atomic E-state index is -0.971. The van der Waals surface area contributed by atoms with Gasteiger partial charge in [-0.3, -0.25) is 10.1 Å². The molecule has 28 heavy (non-hydrogen) atoms. The molecule has 0 spiro atoms. The highest BCUT2D eigenvalue weighted by atomic mass is 16.6. The van der Waals surface area contributed by atoms with Crippen molar-refractivity contribution in [2.45, 2.75) is 32.4 Å². The highest BCUT2D eigenvalue weighted by Gasteiger charge is 2.23. The molecule has 0 saturated carbocycles. The standard InChI is InChI=1S/C21H25N3O4/c1-14(2)16-6-5-7-17(12-16)21(3,4)23-20(26)22-13-19(25)15-8-10-18(11-9-15)24(27)28/h5-12,19,25H,1,13H2,2-4H3,(H2,22,23,26). The average Bonchev–Trinajstić information content (AvgIpc) is 2.66. The molecule has 148 valence electrons. The number of non-ortho nitro benzene ring substituents is 1. The lowest BCUT2D eigenvalue weighted by Crippen LogP contribution is -2.47. The summed E-state index contributed by atoms with van der Waals surface area (Å²) in [5, 5.41) is 26.4. The van der Waals surface area contributed by atoms with Gasteiger partial charge in [0.25, 0.3) is 5.69 Å². The molecule has 2 aromatic carbocycles. The second-order valence-electron chi connectivity index (χ2n) is 7.19. The first-order chi connectivity index (χ1) is 13.1. The Morgan fingerprint density at radius 1 is 1.25 bits per heavy atom. The highest BCUT2D eigenvalue weighted by molar-refractivity contribution is 5.75. The molecule has 2 amide bonds. The van der Waals surface area contributed by atoms with Gasteiger partial charge in [-0.2, -0.15) is 0 Å². The van der Waals surface area contributed by atoms with E-state index in [0.29, 0.717) is 5.56 Å². The molecule has 2 rings (SSSR count). The maximum Gasteiger partial charge on any atom is 0.315 e. The molecular formula is C21H25N3O4. The van der Waals surface area contributed by atoms with Crippen molar-refractivity contribution in [3.05, 3.63) is 81.9 Å². The number of nitrogens with zero attached hydrogens (tertiary/aromatic N) is 1. The summed E-state index contributed by atoms with van der Waals surface area (Å²) in [4.78, 5) is 22.5. The SMILES string of the molecule is C=C(C)c1cccc(C(C)(C)NC(=O)NCC(O)c2ccc([N+](=O)[O-])cc2)c1. The summed E-state index contributed by atoms with van der Waals surface area (Å²) in [5.41, 5.74) is 2.67. The van der Waals surface area contributed by atoms with Crippen LogP contribution in [0.1, 0.15) is 43.6 Å². The molecule has 1 atom stereocenters. The molecule has 1 unspecified atom stereocenters. The third-order valence-corrected chi connectivity index (χ3v) is 4.45. The van der Waals surface area contributed by atoms with E-state index in [2.05, 4.69) is 17.2 Å². The normalized spacial score (nSPS) is 12.1. The van der Waals surface area contributed by atoms with Crippen LogP contribution in [0.4, 0.5) is 10.5 Å². The van der Waals surface area contributed by atoms with Crippen LogP contribution in [0.25, 0.3) is 5.57 Å². The van der Waals surface area contributed by atoms with Gasteiger partial charge in [0.15, 0.2) is 0 Å².